The molecule has 0 saturated heterocycles. The van der Waals surface area contributed by atoms with Gasteiger partial charge in [-0.15, -0.1) is 0 Å². The fourth-order valence-electron chi connectivity index (χ4n) is 3.81. The van der Waals surface area contributed by atoms with E-state index in [1.807, 2.05) is 24.3 Å². The highest BCUT2D eigenvalue weighted by atomic mass is 19.1. The van der Waals surface area contributed by atoms with Gasteiger partial charge in [-0.25, -0.2) is 4.39 Å². The minimum absolute atomic E-state index is 0.0889. The maximum Gasteiger partial charge on any atom is 0.273 e. The Kier molecular flexibility index (Phi) is 8.71. The number of hydrogen-bond acceptors (Lipinski definition) is 6. The Labute approximate surface area is 220 Å². The molecule has 0 aliphatic carbocycles. The van der Waals surface area contributed by atoms with Gasteiger partial charge in [0.05, 0.1) is 20.8 Å². The number of amides is 2. The number of aromatic nitrogens is 1. The lowest BCUT2D eigenvalue weighted by Crippen LogP contribution is -2.32. The molecule has 0 bridgehead atoms. The topological polar surface area (TPSA) is 93.9 Å². The van der Waals surface area contributed by atoms with Crippen LogP contribution in [-0.2, 0) is 19.5 Å². The average Bonchev–Trinajstić information content (AvgIpc) is 3.43. The summed E-state index contributed by atoms with van der Waals surface area (Å²) < 4.78 is 29.0. The number of carbonyl (C=O) groups excluding carboxylic acids is 2. The Morgan fingerprint density at radius 2 is 1.63 bits per heavy atom. The second-order valence-corrected chi connectivity index (χ2v) is 8.54. The number of nitrogens with one attached hydrogen (secondary N) is 1. The van der Waals surface area contributed by atoms with E-state index in [0.717, 1.165) is 16.9 Å². The first-order chi connectivity index (χ1) is 18.4. The zero-order valence-corrected chi connectivity index (χ0v) is 21.1. The van der Waals surface area contributed by atoms with E-state index in [0.29, 0.717) is 30.0 Å². The molecule has 2 amide bonds. The standard InChI is InChI=1S/C29H28FN3O5/c1-36-24-12-8-20(9-13-24)14-15-33(29(35)22-4-3-5-25(16-22)37-2)19-26-17-27(32-38-26)28(34)31-18-21-6-10-23(30)11-7-21/h3-13,16-17H,14-15,18-19H2,1-2H3,(H,31,34). The molecule has 196 valence electrons. The fourth-order valence-corrected chi connectivity index (χ4v) is 3.81. The molecule has 0 spiro atoms. The molecule has 1 heterocycles. The van der Waals surface area contributed by atoms with Crippen molar-refractivity contribution in [3.05, 3.63) is 113 Å². The third-order valence-electron chi connectivity index (χ3n) is 5.94. The highest BCUT2D eigenvalue weighted by Gasteiger charge is 2.20. The van der Waals surface area contributed by atoms with E-state index < -0.39 is 5.91 Å². The van der Waals surface area contributed by atoms with Crippen LogP contribution in [0.1, 0.15) is 37.7 Å². The third kappa shape index (κ3) is 6.97. The van der Waals surface area contributed by atoms with Crippen LogP contribution in [0.4, 0.5) is 4.39 Å². The van der Waals surface area contributed by atoms with Crippen LogP contribution >= 0.6 is 0 Å². The Bertz CT molecular complexity index is 1370. The summed E-state index contributed by atoms with van der Waals surface area (Å²) in [6, 6.07) is 21.9. The largest absolute Gasteiger partial charge is 0.497 e. The van der Waals surface area contributed by atoms with E-state index in [9.17, 15) is 14.0 Å². The molecule has 4 aromatic rings. The molecule has 0 saturated carbocycles. The van der Waals surface area contributed by atoms with Crippen LogP contribution in [0.15, 0.2) is 83.4 Å². The highest BCUT2D eigenvalue weighted by Crippen LogP contribution is 2.18. The molecule has 38 heavy (non-hydrogen) atoms. The first-order valence-corrected chi connectivity index (χ1v) is 12.0. The van der Waals surface area contributed by atoms with Gasteiger partial charge in [0.25, 0.3) is 11.8 Å². The maximum absolute atomic E-state index is 13.4. The molecule has 1 aromatic heterocycles. The molecule has 0 aliphatic heterocycles. The molecule has 1 N–H and O–H groups in total. The number of hydrogen-bond donors (Lipinski definition) is 1. The van der Waals surface area contributed by atoms with Crippen LogP contribution in [-0.4, -0.2) is 42.6 Å². The summed E-state index contributed by atoms with van der Waals surface area (Å²) in [5.74, 6) is 0.698. The Balaban J connectivity index is 1.46. The molecule has 0 fully saturated rings. The monoisotopic (exact) mass is 517 g/mol. The van der Waals surface area contributed by atoms with E-state index in [1.165, 1.54) is 18.2 Å². The van der Waals surface area contributed by atoms with E-state index in [2.05, 4.69) is 10.5 Å². The van der Waals surface area contributed by atoms with E-state index in [4.69, 9.17) is 14.0 Å². The summed E-state index contributed by atoms with van der Waals surface area (Å²) in [5.41, 5.74) is 2.34. The van der Waals surface area contributed by atoms with Crippen molar-refractivity contribution in [3.63, 3.8) is 0 Å². The van der Waals surface area contributed by atoms with Crippen molar-refractivity contribution in [2.75, 3.05) is 20.8 Å². The average molecular weight is 518 g/mol. The smallest absolute Gasteiger partial charge is 0.273 e. The van der Waals surface area contributed by atoms with Crippen molar-refractivity contribution >= 4 is 11.8 Å². The summed E-state index contributed by atoms with van der Waals surface area (Å²) in [6.45, 7) is 0.725. The summed E-state index contributed by atoms with van der Waals surface area (Å²) in [7, 11) is 3.15. The summed E-state index contributed by atoms with van der Waals surface area (Å²) in [4.78, 5) is 27.6. The minimum Gasteiger partial charge on any atom is -0.497 e. The lowest BCUT2D eigenvalue weighted by atomic mass is 10.1. The predicted octanol–water partition coefficient (Wildman–Crippen LogP) is 4.65. The van der Waals surface area contributed by atoms with Crippen LogP contribution < -0.4 is 14.8 Å². The van der Waals surface area contributed by atoms with Crippen LogP contribution in [0.2, 0.25) is 0 Å². The summed E-state index contributed by atoms with van der Waals surface area (Å²) in [6.07, 6.45) is 0.596. The van der Waals surface area contributed by atoms with Gasteiger partial charge in [-0.1, -0.05) is 35.5 Å². The van der Waals surface area contributed by atoms with E-state index in [-0.39, 0.29) is 30.5 Å². The summed E-state index contributed by atoms with van der Waals surface area (Å²) in [5, 5.41) is 6.60. The third-order valence-corrected chi connectivity index (χ3v) is 5.94. The first kappa shape index (κ1) is 26.4. The SMILES string of the molecule is COc1ccc(CCN(Cc2cc(C(=O)NCc3ccc(F)cc3)no2)C(=O)c2cccc(OC)c2)cc1. The van der Waals surface area contributed by atoms with Crippen LogP contribution in [0.25, 0.3) is 0 Å². The lowest BCUT2D eigenvalue weighted by Gasteiger charge is -2.22. The van der Waals surface area contributed by atoms with Gasteiger partial charge in [-0.2, -0.15) is 0 Å². The van der Waals surface area contributed by atoms with Gasteiger partial charge >= 0.3 is 0 Å². The molecule has 4 rings (SSSR count). The van der Waals surface area contributed by atoms with Crippen LogP contribution in [0.5, 0.6) is 11.5 Å². The van der Waals surface area contributed by atoms with Gasteiger partial charge in [-0.05, 0) is 60.0 Å². The zero-order valence-electron chi connectivity index (χ0n) is 21.1. The molecule has 0 atom stereocenters. The number of halogens is 1. The van der Waals surface area contributed by atoms with Gasteiger partial charge in [0.15, 0.2) is 11.5 Å². The van der Waals surface area contributed by atoms with Crippen molar-refractivity contribution in [3.8, 4) is 11.5 Å². The molecule has 0 unspecified atom stereocenters. The van der Waals surface area contributed by atoms with Gasteiger partial charge < -0.3 is 24.2 Å². The Hall–Kier alpha value is -4.66. The highest BCUT2D eigenvalue weighted by molar-refractivity contribution is 5.95. The van der Waals surface area contributed by atoms with Crippen molar-refractivity contribution in [2.45, 2.75) is 19.5 Å². The molecule has 3 aromatic carbocycles. The predicted molar refractivity (Wildman–Crippen MR) is 139 cm³/mol. The van der Waals surface area contributed by atoms with E-state index in [1.54, 1.807) is 55.5 Å². The van der Waals surface area contributed by atoms with Crippen LogP contribution in [0.3, 0.4) is 0 Å². The Morgan fingerprint density at radius 3 is 2.34 bits per heavy atom. The number of nitrogens with zero attached hydrogens (tertiary/aromatic N) is 2. The Morgan fingerprint density at radius 1 is 0.921 bits per heavy atom. The van der Waals surface area contributed by atoms with Crippen molar-refractivity contribution in [2.24, 2.45) is 0 Å². The number of rotatable bonds is 11. The molecule has 0 aliphatic rings. The molecule has 0 radical (unpaired) electrons. The maximum atomic E-state index is 13.4. The van der Waals surface area contributed by atoms with E-state index >= 15 is 0 Å². The normalized spacial score (nSPS) is 10.6. The van der Waals surface area contributed by atoms with Crippen molar-refractivity contribution in [1.82, 2.24) is 15.4 Å². The summed E-state index contributed by atoms with van der Waals surface area (Å²) >= 11 is 0. The fraction of sp³-hybridized carbons (Fsp3) is 0.207. The van der Waals surface area contributed by atoms with Gasteiger partial charge in [0, 0.05) is 24.7 Å². The number of carbonyl (C=O) groups is 2. The first-order valence-electron chi connectivity index (χ1n) is 12.0. The van der Waals surface area contributed by atoms with Crippen molar-refractivity contribution < 1.29 is 28.0 Å². The minimum atomic E-state index is -0.437. The molecule has 8 nitrogen and oxygen atoms in total. The molecule has 9 heteroatoms. The van der Waals surface area contributed by atoms with Gasteiger partial charge in [-0.3, -0.25) is 9.59 Å². The molecular weight excluding hydrogens is 489 g/mol. The van der Waals surface area contributed by atoms with Gasteiger partial charge in [0.1, 0.15) is 17.3 Å². The lowest BCUT2D eigenvalue weighted by molar-refractivity contribution is 0.0728. The zero-order chi connectivity index (χ0) is 26.9. The number of benzene rings is 3. The molecular formula is C29H28FN3O5. The second kappa shape index (κ2) is 12.5. The van der Waals surface area contributed by atoms with Crippen molar-refractivity contribution in [1.29, 1.82) is 0 Å². The quantitative estimate of drug-likeness (QED) is 0.311. The van der Waals surface area contributed by atoms with Gasteiger partial charge in [0.2, 0.25) is 0 Å². The van der Waals surface area contributed by atoms with Crippen LogP contribution in [0, 0.1) is 5.82 Å². The number of ether oxygens (including phenoxy) is 2. The number of methoxy groups -OCH3 is 2. The second-order valence-electron chi connectivity index (χ2n) is 8.54.